The number of nitrogens with zero attached hydrogens (tertiary/aromatic N) is 2. The first-order valence-corrected chi connectivity index (χ1v) is 9.24. The molecule has 1 spiro atoms. The number of aryl methyl sites for hydroxylation is 1. The molecule has 1 aliphatic heterocycles. The van der Waals surface area contributed by atoms with E-state index in [-0.39, 0.29) is 5.60 Å². The maximum Gasteiger partial charge on any atom is 0.0801 e. The van der Waals surface area contributed by atoms with Gasteiger partial charge in [0, 0.05) is 12.6 Å². The van der Waals surface area contributed by atoms with Crippen molar-refractivity contribution < 1.29 is 4.74 Å². The van der Waals surface area contributed by atoms with E-state index >= 15 is 0 Å². The summed E-state index contributed by atoms with van der Waals surface area (Å²) in [4.78, 5) is 1.37. The van der Waals surface area contributed by atoms with Crippen LogP contribution in [0.25, 0.3) is 0 Å². The van der Waals surface area contributed by atoms with Gasteiger partial charge in [0.2, 0.25) is 0 Å². The molecule has 0 amide bonds. The van der Waals surface area contributed by atoms with Crippen molar-refractivity contribution in [1.82, 2.24) is 14.9 Å². The normalized spacial score (nSPS) is 25.7. The van der Waals surface area contributed by atoms with Crippen molar-refractivity contribution in [3.05, 3.63) is 10.6 Å². The van der Waals surface area contributed by atoms with Gasteiger partial charge in [-0.25, -0.2) is 0 Å². The molecule has 4 nitrogen and oxygen atoms in total. The second-order valence-electron chi connectivity index (χ2n) is 6.51. The average Bonchev–Trinajstić information content (AvgIpc) is 2.95. The lowest BCUT2D eigenvalue weighted by atomic mass is 9.70. The summed E-state index contributed by atoms with van der Waals surface area (Å²) in [6.45, 7) is 6.39. The Kier molecular flexibility index (Phi) is 4.92. The molecule has 2 atom stereocenters. The van der Waals surface area contributed by atoms with E-state index < -0.39 is 0 Å². The second-order valence-corrected chi connectivity index (χ2v) is 7.29. The van der Waals surface area contributed by atoms with E-state index in [1.807, 2.05) is 0 Å². The number of ether oxygens (including phenoxy) is 1. The largest absolute Gasteiger partial charge is 0.375 e. The minimum atomic E-state index is 0.208. The van der Waals surface area contributed by atoms with Crippen LogP contribution in [0.4, 0.5) is 0 Å². The van der Waals surface area contributed by atoms with Gasteiger partial charge in [0.25, 0.3) is 0 Å². The zero-order valence-electron chi connectivity index (χ0n) is 13.2. The van der Waals surface area contributed by atoms with Gasteiger partial charge in [-0.3, -0.25) is 0 Å². The molecule has 2 heterocycles. The lowest BCUT2D eigenvalue weighted by molar-refractivity contribution is -0.147. The van der Waals surface area contributed by atoms with Crippen LogP contribution in [0.5, 0.6) is 0 Å². The molecule has 1 aliphatic carbocycles. The molecule has 5 heteroatoms. The number of rotatable bonds is 6. The van der Waals surface area contributed by atoms with Gasteiger partial charge >= 0.3 is 0 Å². The van der Waals surface area contributed by atoms with Gasteiger partial charge in [-0.05, 0) is 68.9 Å². The molecule has 21 heavy (non-hydrogen) atoms. The summed E-state index contributed by atoms with van der Waals surface area (Å²) in [6, 6.07) is 0.418. The maximum absolute atomic E-state index is 6.10. The first-order valence-electron chi connectivity index (χ1n) is 8.46. The van der Waals surface area contributed by atoms with Crippen LogP contribution >= 0.6 is 11.5 Å². The third-order valence-corrected chi connectivity index (χ3v) is 5.93. The SMILES string of the molecule is CCCNC(c1snnc1CC)C1CCOC2(CCC2)C1. The third kappa shape index (κ3) is 3.15. The molecule has 0 bridgehead atoms. The topological polar surface area (TPSA) is 47.0 Å². The fraction of sp³-hybridized carbons (Fsp3) is 0.875. The summed E-state index contributed by atoms with van der Waals surface area (Å²) in [5, 5.41) is 8.10. The van der Waals surface area contributed by atoms with E-state index in [2.05, 4.69) is 28.8 Å². The van der Waals surface area contributed by atoms with Gasteiger partial charge < -0.3 is 10.1 Å². The van der Waals surface area contributed by atoms with Crippen molar-refractivity contribution in [2.75, 3.05) is 13.2 Å². The summed E-state index contributed by atoms with van der Waals surface area (Å²) in [6.07, 6.45) is 8.35. The molecule has 1 saturated carbocycles. The Hall–Kier alpha value is -0.520. The number of hydrogen-bond donors (Lipinski definition) is 1. The highest BCUT2D eigenvalue weighted by Crippen LogP contribution is 2.47. The summed E-state index contributed by atoms with van der Waals surface area (Å²) in [7, 11) is 0. The second kappa shape index (κ2) is 6.71. The number of nitrogens with one attached hydrogen (secondary N) is 1. The predicted molar refractivity (Wildman–Crippen MR) is 85.6 cm³/mol. The van der Waals surface area contributed by atoms with Crippen LogP contribution in [0.2, 0.25) is 0 Å². The van der Waals surface area contributed by atoms with E-state index in [0.29, 0.717) is 12.0 Å². The van der Waals surface area contributed by atoms with Crippen molar-refractivity contribution >= 4 is 11.5 Å². The van der Waals surface area contributed by atoms with Gasteiger partial charge in [0.05, 0.1) is 16.2 Å². The Balaban J connectivity index is 1.78. The molecular weight excluding hydrogens is 282 g/mol. The molecule has 1 N–H and O–H groups in total. The van der Waals surface area contributed by atoms with Crippen LogP contribution < -0.4 is 5.32 Å². The minimum absolute atomic E-state index is 0.208. The number of hydrogen-bond acceptors (Lipinski definition) is 5. The molecule has 0 aromatic carbocycles. The minimum Gasteiger partial charge on any atom is -0.375 e. The average molecular weight is 309 g/mol. The molecule has 1 aromatic rings. The molecule has 2 unspecified atom stereocenters. The molecule has 1 saturated heterocycles. The molecule has 0 radical (unpaired) electrons. The monoisotopic (exact) mass is 309 g/mol. The van der Waals surface area contributed by atoms with Gasteiger partial charge in [-0.2, -0.15) is 0 Å². The number of aromatic nitrogens is 2. The van der Waals surface area contributed by atoms with Crippen LogP contribution in [0.15, 0.2) is 0 Å². The van der Waals surface area contributed by atoms with Crippen molar-refractivity contribution in [2.45, 2.75) is 70.4 Å². The first kappa shape index (κ1) is 15.4. The molecule has 3 rings (SSSR count). The quantitative estimate of drug-likeness (QED) is 0.874. The van der Waals surface area contributed by atoms with Gasteiger partial charge in [-0.15, -0.1) is 5.10 Å². The molecule has 1 aromatic heterocycles. The summed E-state index contributed by atoms with van der Waals surface area (Å²) in [5.74, 6) is 0.665. The van der Waals surface area contributed by atoms with E-state index in [1.165, 1.54) is 42.7 Å². The predicted octanol–water partition coefficient (Wildman–Crippen LogP) is 3.49. The fourth-order valence-corrected chi connectivity index (χ4v) is 4.65. The molecular formula is C16H27N3OS. The molecule has 2 aliphatic rings. The Labute approximate surface area is 131 Å². The zero-order valence-corrected chi connectivity index (χ0v) is 14.0. The highest BCUT2D eigenvalue weighted by Gasteiger charge is 2.45. The van der Waals surface area contributed by atoms with Crippen LogP contribution in [0, 0.1) is 5.92 Å². The van der Waals surface area contributed by atoms with E-state index in [0.717, 1.165) is 26.0 Å². The van der Waals surface area contributed by atoms with Crippen LogP contribution in [0.3, 0.4) is 0 Å². The lowest BCUT2D eigenvalue weighted by Crippen LogP contribution is -2.48. The van der Waals surface area contributed by atoms with Gasteiger partial charge in [0.1, 0.15) is 0 Å². The van der Waals surface area contributed by atoms with Crippen LogP contribution in [0.1, 0.15) is 69.0 Å². The standard InChI is InChI=1S/C16H27N3OS/c1-3-9-17-14(15-13(4-2)18-19-21-15)12-6-10-20-16(11-12)7-5-8-16/h12,14,17H,3-11H2,1-2H3. The van der Waals surface area contributed by atoms with E-state index in [1.54, 1.807) is 11.5 Å². The van der Waals surface area contributed by atoms with E-state index in [4.69, 9.17) is 4.74 Å². The van der Waals surface area contributed by atoms with E-state index in [9.17, 15) is 0 Å². The Morgan fingerprint density at radius 1 is 1.43 bits per heavy atom. The highest BCUT2D eigenvalue weighted by molar-refractivity contribution is 7.05. The summed E-state index contributed by atoms with van der Waals surface area (Å²) in [5.41, 5.74) is 1.39. The molecule has 2 fully saturated rings. The Morgan fingerprint density at radius 2 is 2.29 bits per heavy atom. The fourth-order valence-electron chi connectivity index (χ4n) is 3.74. The summed E-state index contributed by atoms with van der Waals surface area (Å²) >= 11 is 1.59. The lowest BCUT2D eigenvalue weighted by Gasteiger charge is -2.48. The van der Waals surface area contributed by atoms with Crippen molar-refractivity contribution in [2.24, 2.45) is 5.92 Å². The van der Waals surface area contributed by atoms with Crippen molar-refractivity contribution in [3.8, 4) is 0 Å². The van der Waals surface area contributed by atoms with Crippen LogP contribution in [-0.4, -0.2) is 28.3 Å². The first-order chi connectivity index (χ1) is 10.3. The third-order valence-electron chi connectivity index (χ3n) is 5.08. The Morgan fingerprint density at radius 3 is 2.95 bits per heavy atom. The van der Waals surface area contributed by atoms with Crippen molar-refractivity contribution in [1.29, 1.82) is 0 Å². The van der Waals surface area contributed by atoms with Gasteiger partial charge in [-0.1, -0.05) is 18.3 Å². The Bertz CT molecular complexity index is 458. The van der Waals surface area contributed by atoms with Gasteiger partial charge in [0.15, 0.2) is 0 Å². The van der Waals surface area contributed by atoms with Crippen molar-refractivity contribution in [3.63, 3.8) is 0 Å². The highest BCUT2D eigenvalue weighted by atomic mass is 32.1. The summed E-state index contributed by atoms with van der Waals surface area (Å²) < 4.78 is 10.3. The zero-order chi connectivity index (χ0) is 14.7. The van der Waals surface area contributed by atoms with Crippen LogP contribution in [-0.2, 0) is 11.2 Å². The smallest absolute Gasteiger partial charge is 0.0801 e. The molecule has 118 valence electrons. The maximum atomic E-state index is 6.10.